The lowest BCUT2D eigenvalue weighted by atomic mass is 10.0. The maximum absolute atomic E-state index is 12.4. The van der Waals surface area contributed by atoms with Crippen LogP contribution in [0.4, 0.5) is 0 Å². The molecule has 0 spiro atoms. The van der Waals surface area contributed by atoms with Crippen molar-refractivity contribution in [1.82, 2.24) is 15.2 Å². The molecule has 27 heavy (non-hydrogen) atoms. The number of pyridine rings is 1. The molecule has 1 amide bonds. The van der Waals surface area contributed by atoms with Crippen molar-refractivity contribution in [3.05, 3.63) is 53.9 Å². The summed E-state index contributed by atoms with van der Waals surface area (Å²) in [5.41, 5.74) is 1.12. The SMILES string of the molecule is COc1ccc(CN2CCC2CNC(=O)c2ncccc2S(C)(=O)=O)cc1. The highest BCUT2D eigenvalue weighted by molar-refractivity contribution is 7.90. The summed E-state index contributed by atoms with van der Waals surface area (Å²) in [7, 11) is -1.87. The molecule has 8 heteroatoms. The smallest absolute Gasteiger partial charge is 0.271 e. The maximum Gasteiger partial charge on any atom is 0.271 e. The lowest BCUT2D eigenvalue weighted by Gasteiger charge is -2.41. The van der Waals surface area contributed by atoms with Gasteiger partial charge in [0, 0.05) is 38.1 Å². The molecule has 144 valence electrons. The molecule has 7 nitrogen and oxygen atoms in total. The van der Waals surface area contributed by atoms with Crippen molar-refractivity contribution in [2.24, 2.45) is 0 Å². The van der Waals surface area contributed by atoms with E-state index in [0.717, 1.165) is 31.5 Å². The van der Waals surface area contributed by atoms with Crippen LogP contribution in [0.5, 0.6) is 5.75 Å². The van der Waals surface area contributed by atoms with Crippen LogP contribution in [0.1, 0.15) is 22.5 Å². The Kier molecular flexibility index (Phi) is 5.76. The Bertz CT molecular complexity index is 913. The minimum absolute atomic E-state index is 0.0498. The van der Waals surface area contributed by atoms with Gasteiger partial charge in [-0.2, -0.15) is 0 Å². The number of carbonyl (C=O) groups is 1. The number of sulfone groups is 1. The van der Waals surface area contributed by atoms with E-state index in [9.17, 15) is 13.2 Å². The largest absolute Gasteiger partial charge is 0.497 e. The molecule has 0 saturated carbocycles. The van der Waals surface area contributed by atoms with E-state index in [1.807, 2.05) is 24.3 Å². The Balaban J connectivity index is 1.58. The van der Waals surface area contributed by atoms with E-state index in [2.05, 4.69) is 15.2 Å². The van der Waals surface area contributed by atoms with Gasteiger partial charge in [0.15, 0.2) is 9.84 Å². The summed E-state index contributed by atoms with van der Waals surface area (Å²) in [4.78, 5) is 18.6. The van der Waals surface area contributed by atoms with Gasteiger partial charge in [0.2, 0.25) is 0 Å². The molecule has 1 aromatic heterocycles. The van der Waals surface area contributed by atoms with Crippen molar-refractivity contribution in [2.45, 2.75) is 23.9 Å². The Morgan fingerprint density at radius 2 is 2.04 bits per heavy atom. The van der Waals surface area contributed by atoms with Gasteiger partial charge in [0.25, 0.3) is 5.91 Å². The van der Waals surface area contributed by atoms with Gasteiger partial charge in [-0.15, -0.1) is 0 Å². The summed E-state index contributed by atoms with van der Waals surface area (Å²) in [6.07, 6.45) is 3.48. The number of nitrogens with one attached hydrogen (secondary N) is 1. The predicted octanol–water partition coefficient (Wildman–Crippen LogP) is 1.50. The third kappa shape index (κ3) is 4.64. The quantitative estimate of drug-likeness (QED) is 0.772. The maximum atomic E-state index is 12.4. The van der Waals surface area contributed by atoms with Crippen LogP contribution in [0, 0.1) is 0 Å². The number of hydrogen-bond acceptors (Lipinski definition) is 6. The lowest BCUT2D eigenvalue weighted by molar-refractivity contribution is 0.0728. The second-order valence-corrected chi connectivity index (χ2v) is 8.58. The van der Waals surface area contributed by atoms with Crippen LogP contribution >= 0.6 is 0 Å². The van der Waals surface area contributed by atoms with Gasteiger partial charge in [-0.3, -0.25) is 9.69 Å². The van der Waals surface area contributed by atoms with Gasteiger partial charge in [0.1, 0.15) is 11.4 Å². The second-order valence-electron chi connectivity index (χ2n) is 6.59. The van der Waals surface area contributed by atoms with Crippen LogP contribution in [-0.4, -0.2) is 56.7 Å². The fraction of sp³-hybridized carbons (Fsp3) is 0.368. The fourth-order valence-electron chi connectivity index (χ4n) is 3.05. The second kappa shape index (κ2) is 8.06. The van der Waals surface area contributed by atoms with Crippen LogP contribution in [0.2, 0.25) is 0 Å². The summed E-state index contributed by atoms with van der Waals surface area (Å²) in [5.74, 6) is 0.357. The first-order valence-corrected chi connectivity index (χ1v) is 10.6. The van der Waals surface area contributed by atoms with Gasteiger partial charge >= 0.3 is 0 Å². The molecule has 1 aromatic carbocycles. The zero-order valence-corrected chi connectivity index (χ0v) is 16.2. The van der Waals surface area contributed by atoms with Gasteiger partial charge in [0.05, 0.1) is 12.0 Å². The van der Waals surface area contributed by atoms with Crippen molar-refractivity contribution in [3.8, 4) is 5.75 Å². The monoisotopic (exact) mass is 389 g/mol. The molecule has 1 atom stereocenters. The van der Waals surface area contributed by atoms with E-state index >= 15 is 0 Å². The third-order valence-corrected chi connectivity index (χ3v) is 5.82. The number of hydrogen-bond donors (Lipinski definition) is 1. The number of nitrogens with zero attached hydrogens (tertiary/aromatic N) is 2. The molecule has 1 aliphatic rings. The summed E-state index contributed by atoms with van der Waals surface area (Å²) in [5, 5.41) is 2.82. The average molecular weight is 389 g/mol. The van der Waals surface area contributed by atoms with Crippen molar-refractivity contribution < 1.29 is 17.9 Å². The molecule has 0 bridgehead atoms. The topological polar surface area (TPSA) is 88.6 Å². The number of likely N-dealkylation sites (tertiary alicyclic amines) is 1. The molecule has 3 rings (SSSR count). The molecule has 1 fully saturated rings. The van der Waals surface area contributed by atoms with Crippen molar-refractivity contribution in [2.75, 3.05) is 26.5 Å². The molecule has 0 radical (unpaired) electrons. The zero-order chi connectivity index (χ0) is 19.4. The normalized spacial score (nSPS) is 17.2. The fourth-order valence-corrected chi connectivity index (χ4v) is 3.88. The third-order valence-electron chi connectivity index (χ3n) is 4.69. The number of carbonyl (C=O) groups excluding carboxylic acids is 1. The van der Waals surface area contributed by atoms with Crippen LogP contribution < -0.4 is 10.1 Å². The van der Waals surface area contributed by atoms with E-state index in [-0.39, 0.29) is 16.6 Å². The van der Waals surface area contributed by atoms with Crippen LogP contribution in [0.3, 0.4) is 0 Å². The molecular weight excluding hydrogens is 366 g/mol. The van der Waals surface area contributed by atoms with Gasteiger partial charge in [-0.05, 0) is 36.2 Å². The van der Waals surface area contributed by atoms with Gasteiger partial charge in [-0.25, -0.2) is 13.4 Å². The standard InChI is InChI=1S/C19H23N3O4S/c1-26-16-7-5-14(6-8-16)13-22-11-9-15(22)12-21-19(23)18-17(27(2,24)25)4-3-10-20-18/h3-8,10,15H,9,11-13H2,1-2H3,(H,21,23). The minimum Gasteiger partial charge on any atom is -0.497 e. The van der Waals surface area contributed by atoms with Crippen molar-refractivity contribution >= 4 is 15.7 Å². The van der Waals surface area contributed by atoms with E-state index in [4.69, 9.17) is 4.74 Å². The predicted molar refractivity (Wildman–Crippen MR) is 101 cm³/mol. The van der Waals surface area contributed by atoms with E-state index < -0.39 is 15.7 Å². The molecule has 1 aliphatic heterocycles. The van der Waals surface area contributed by atoms with E-state index in [1.54, 1.807) is 7.11 Å². The molecular formula is C19H23N3O4S. The number of methoxy groups -OCH3 is 1. The van der Waals surface area contributed by atoms with E-state index in [1.165, 1.54) is 23.9 Å². The van der Waals surface area contributed by atoms with Crippen molar-refractivity contribution in [3.63, 3.8) is 0 Å². The number of benzene rings is 1. The first-order chi connectivity index (χ1) is 12.9. The minimum atomic E-state index is -3.51. The average Bonchev–Trinajstić information content (AvgIpc) is 2.65. The number of aromatic nitrogens is 1. The van der Waals surface area contributed by atoms with Gasteiger partial charge < -0.3 is 10.1 Å². The van der Waals surface area contributed by atoms with E-state index in [0.29, 0.717) is 6.54 Å². The highest BCUT2D eigenvalue weighted by atomic mass is 32.2. The molecule has 1 N–H and O–H groups in total. The zero-order valence-electron chi connectivity index (χ0n) is 15.4. The Hall–Kier alpha value is -2.45. The highest BCUT2D eigenvalue weighted by Crippen LogP contribution is 2.21. The van der Waals surface area contributed by atoms with Crippen LogP contribution in [0.15, 0.2) is 47.5 Å². The summed E-state index contributed by atoms with van der Waals surface area (Å²) >= 11 is 0. The molecule has 0 aliphatic carbocycles. The summed E-state index contributed by atoms with van der Waals surface area (Å²) < 4.78 is 28.8. The highest BCUT2D eigenvalue weighted by Gasteiger charge is 2.29. The lowest BCUT2D eigenvalue weighted by Crippen LogP contribution is -2.52. The molecule has 2 aromatic rings. The molecule has 1 unspecified atom stereocenters. The molecule has 1 saturated heterocycles. The Morgan fingerprint density at radius 3 is 2.63 bits per heavy atom. The Morgan fingerprint density at radius 1 is 1.30 bits per heavy atom. The summed E-state index contributed by atoms with van der Waals surface area (Å²) in [6.45, 7) is 2.21. The number of rotatable bonds is 7. The van der Waals surface area contributed by atoms with Crippen LogP contribution in [-0.2, 0) is 16.4 Å². The number of amides is 1. The van der Waals surface area contributed by atoms with Crippen molar-refractivity contribution in [1.29, 1.82) is 0 Å². The van der Waals surface area contributed by atoms with Crippen LogP contribution in [0.25, 0.3) is 0 Å². The number of ether oxygens (including phenoxy) is 1. The molecule has 2 heterocycles. The summed E-state index contributed by atoms with van der Waals surface area (Å²) in [6, 6.07) is 11.0. The first kappa shape index (κ1) is 19.3. The van der Waals surface area contributed by atoms with Gasteiger partial charge in [-0.1, -0.05) is 12.1 Å². The Labute approximate surface area is 159 Å². The first-order valence-electron chi connectivity index (χ1n) is 8.68.